The summed E-state index contributed by atoms with van der Waals surface area (Å²) in [6.45, 7) is 2.38. The van der Waals surface area contributed by atoms with Gasteiger partial charge in [-0.05, 0) is 44.1 Å². The molecule has 1 atom stereocenters. The summed E-state index contributed by atoms with van der Waals surface area (Å²) in [6.07, 6.45) is 2.36. The quantitative estimate of drug-likeness (QED) is 0.804. The van der Waals surface area contributed by atoms with Gasteiger partial charge in [0, 0.05) is 19.1 Å². The van der Waals surface area contributed by atoms with Crippen molar-refractivity contribution < 1.29 is 9.53 Å². The van der Waals surface area contributed by atoms with Gasteiger partial charge in [-0.25, -0.2) is 0 Å². The maximum atomic E-state index is 11.7. The van der Waals surface area contributed by atoms with Crippen molar-refractivity contribution in [3.8, 4) is 5.75 Å². The molecule has 0 spiro atoms. The molecule has 1 aromatic rings. The Morgan fingerprint density at radius 3 is 2.80 bits per heavy atom. The van der Waals surface area contributed by atoms with Crippen LogP contribution < -0.4 is 15.8 Å². The lowest BCUT2D eigenvalue weighted by Crippen LogP contribution is -2.40. The van der Waals surface area contributed by atoms with Crippen molar-refractivity contribution in [2.75, 3.05) is 26.7 Å². The number of carbonyl (C=O) groups excluding carboxylic acids is 1. The molecule has 2 rings (SSSR count). The van der Waals surface area contributed by atoms with Gasteiger partial charge in [-0.3, -0.25) is 4.79 Å². The van der Waals surface area contributed by atoms with Crippen LogP contribution in [0.4, 0.5) is 0 Å². The van der Waals surface area contributed by atoms with E-state index in [-0.39, 0.29) is 12.5 Å². The Morgan fingerprint density at radius 1 is 1.45 bits per heavy atom. The molecule has 0 radical (unpaired) electrons. The van der Waals surface area contributed by atoms with E-state index in [9.17, 15) is 4.79 Å². The van der Waals surface area contributed by atoms with E-state index < -0.39 is 0 Å². The number of likely N-dealkylation sites (tertiary alicyclic amines) is 1. The zero-order valence-corrected chi connectivity index (χ0v) is 12.0. The number of benzene rings is 1. The van der Waals surface area contributed by atoms with Crippen LogP contribution in [0, 0.1) is 0 Å². The predicted octanol–water partition coefficient (Wildman–Crippen LogP) is 0.735. The third-order valence-corrected chi connectivity index (χ3v) is 3.74. The molecular weight excluding hydrogens is 254 g/mol. The number of rotatable bonds is 6. The SMILES string of the molecule is CN1CCCC1CNC(=O)COc1ccc(CN)cc1. The second-order valence-electron chi connectivity index (χ2n) is 5.22. The molecule has 1 heterocycles. The van der Waals surface area contributed by atoms with E-state index in [1.165, 1.54) is 6.42 Å². The molecule has 0 bridgehead atoms. The number of nitrogens with two attached hydrogens (primary N) is 1. The Bertz CT molecular complexity index is 433. The minimum absolute atomic E-state index is 0.0540. The highest BCUT2D eigenvalue weighted by Gasteiger charge is 2.20. The Morgan fingerprint density at radius 2 is 2.20 bits per heavy atom. The fraction of sp³-hybridized carbons (Fsp3) is 0.533. The minimum atomic E-state index is -0.0757. The fourth-order valence-corrected chi connectivity index (χ4v) is 2.39. The molecule has 0 saturated carbocycles. The van der Waals surface area contributed by atoms with Crippen LogP contribution in [0.5, 0.6) is 5.75 Å². The number of amides is 1. The summed E-state index contributed by atoms with van der Waals surface area (Å²) in [5, 5.41) is 2.92. The number of hydrogen-bond acceptors (Lipinski definition) is 4. The van der Waals surface area contributed by atoms with Gasteiger partial charge in [0.2, 0.25) is 0 Å². The van der Waals surface area contributed by atoms with Crippen molar-refractivity contribution in [3.63, 3.8) is 0 Å². The zero-order valence-electron chi connectivity index (χ0n) is 12.0. The zero-order chi connectivity index (χ0) is 14.4. The van der Waals surface area contributed by atoms with Gasteiger partial charge in [-0.1, -0.05) is 12.1 Å². The van der Waals surface area contributed by atoms with Gasteiger partial charge in [-0.15, -0.1) is 0 Å². The van der Waals surface area contributed by atoms with Crippen LogP contribution >= 0.6 is 0 Å². The highest BCUT2D eigenvalue weighted by atomic mass is 16.5. The Balaban J connectivity index is 1.69. The Hall–Kier alpha value is -1.59. The van der Waals surface area contributed by atoms with E-state index >= 15 is 0 Å². The highest BCUT2D eigenvalue weighted by molar-refractivity contribution is 5.77. The molecule has 1 amide bonds. The van der Waals surface area contributed by atoms with Crippen molar-refractivity contribution in [1.29, 1.82) is 0 Å². The average molecular weight is 277 g/mol. The molecule has 5 heteroatoms. The molecule has 5 nitrogen and oxygen atoms in total. The standard InChI is InChI=1S/C15H23N3O2/c1-18-8-2-3-13(18)10-17-15(19)11-20-14-6-4-12(9-16)5-7-14/h4-7,13H,2-3,8-11,16H2,1H3,(H,17,19). The molecule has 3 N–H and O–H groups in total. The van der Waals surface area contributed by atoms with E-state index in [1.54, 1.807) is 0 Å². The highest BCUT2D eigenvalue weighted by Crippen LogP contribution is 2.14. The molecule has 1 saturated heterocycles. The van der Waals surface area contributed by atoms with Gasteiger partial charge in [0.05, 0.1) is 0 Å². The number of likely N-dealkylation sites (N-methyl/N-ethyl adjacent to an activating group) is 1. The van der Waals surface area contributed by atoms with Gasteiger partial charge in [0.25, 0.3) is 5.91 Å². The number of carbonyl (C=O) groups is 1. The summed E-state index contributed by atoms with van der Waals surface area (Å²) in [7, 11) is 2.10. The number of nitrogens with one attached hydrogen (secondary N) is 1. The summed E-state index contributed by atoms with van der Waals surface area (Å²) >= 11 is 0. The van der Waals surface area contributed by atoms with Crippen LogP contribution in [0.15, 0.2) is 24.3 Å². The molecule has 1 aliphatic rings. The topological polar surface area (TPSA) is 67.6 Å². The van der Waals surface area contributed by atoms with Crippen molar-refractivity contribution >= 4 is 5.91 Å². The van der Waals surface area contributed by atoms with Crippen LogP contribution in [-0.2, 0) is 11.3 Å². The van der Waals surface area contributed by atoms with Gasteiger partial charge in [0.15, 0.2) is 6.61 Å². The molecule has 20 heavy (non-hydrogen) atoms. The first-order valence-electron chi connectivity index (χ1n) is 7.08. The lowest BCUT2D eigenvalue weighted by molar-refractivity contribution is -0.123. The lowest BCUT2D eigenvalue weighted by atomic mass is 10.2. The van der Waals surface area contributed by atoms with Crippen molar-refractivity contribution in [2.45, 2.75) is 25.4 Å². The first kappa shape index (κ1) is 14.8. The van der Waals surface area contributed by atoms with Crippen molar-refractivity contribution in [3.05, 3.63) is 29.8 Å². The summed E-state index contributed by atoms with van der Waals surface area (Å²) in [6, 6.07) is 7.94. The molecule has 1 unspecified atom stereocenters. The van der Waals surface area contributed by atoms with Crippen LogP contribution in [0.25, 0.3) is 0 Å². The average Bonchev–Trinajstić information content (AvgIpc) is 2.89. The second kappa shape index (κ2) is 7.26. The van der Waals surface area contributed by atoms with Gasteiger partial charge in [-0.2, -0.15) is 0 Å². The van der Waals surface area contributed by atoms with E-state index in [0.717, 1.165) is 18.5 Å². The molecule has 0 aliphatic carbocycles. The molecule has 1 fully saturated rings. The Kier molecular flexibility index (Phi) is 5.38. The van der Waals surface area contributed by atoms with E-state index in [2.05, 4.69) is 17.3 Å². The fourth-order valence-electron chi connectivity index (χ4n) is 2.39. The third kappa shape index (κ3) is 4.21. The van der Waals surface area contributed by atoms with Gasteiger partial charge in [0.1, 0.15) is 5.75 Å². The van der Waals surface area contributed by atoms with Crippen LogP contribution in [0.1, 0.15) is 18.4 Å². The molecule has 1 aliphatic heterocycles. The normalized spacial score (nSPS) is 19.0. The van der Waals surface area contributed by atoms with Crippen LogP contribution in [-0.4, -0.2) is 43.6 Å². The molecular formula is C15H23N3O2. The van der Waals surface area contributed by atoms with Crippen LogP contribution in [0.3, 0.4) is 0 Å². The predicted molar refractivity (Wildman–Crippen MR) is 78.5 cm³/mol. The van der Waals surface area contributed by atoms with E-state index in [0.29, 0.717) is 24.9 Å². The number of ether oxygens (including phenoxy) is 1. The maximum Gasteiger partial charge on any atom is 0.257 e. The summed E-state index contributed by atoms with van der Waals surface area (Å²) in [5.74, 6) is 0.614. The van der Waals surface area contributed by atoms with Crippen molar-refractivity contribution in [2.24, 2.45) is 5.73 Å². The maximum absolute atomic E-state index is 11.7. The molecule has 1 aromatic carbocycles. The number of nitrogens with zero attached hydrogens (tertiary/aromatic N) is 1. The molecule has 110 valence electrons. The lowest BCUT2D eigenvalue weighted by Gasteiger charge is -2.19. The first-order chi connectivity index (χ1) is 9.69. The second-order valence-corrected chi connectivity index (χ2v) is 5.22. The largest absolute Gasteiger partial charge is 0.484 e. The van der Waals surface area contributed by atoms with Gasteiger partial charge < -0.3 is 20.7 Å². The Labute approximate surface area is 120 Å². The summed E-state index contributed by atoms with van der Waals surface area (Å²) < 4.78 is 5.44. The smallest absolute Gasteiger partial charge is 0.257 e. The minimum Gasteiger partial charge on any atom is -0.484 e. The van der Waals surface area contributed by atoms with Gasteiger partial charge >= 0.3 is 0 Å². The summed E-state index contributed by atoms with van der Waals surface area (Å²) in [5.41, 5.74) is 6.57. The van der Waals surface area contributed by atoms with E-state index in [1.807, 2.05) is 24.3 Å². The van der Waals surface area contributed by atoms with Crippen molar-refractivity contribution in [1.82, 2.24) is 10.2 Å². The molecule has 0 aromatic heterocycles. The third-order valence-electron chi connectivity index (χ3n) is 3.74. The monoisotopic (exact) mass is 277 g/mol. The van der Waals surface area contributed by atoms with E-state index in [4.69, 9.17) is 10.5 Å². The number of hydrogen-bond donors (Lipinski definition) is 2. The summed E-state index contributed by atoms with van der Waals surface area (Å²) in [4.78, 5) is 14.0. The first-order valence-corrected chi connectivity index (χ1v) is 7.08. The van der Waals surface area contributed by atoms with Crippen LogP contribution in [0.2, 0.25) is 0 Å².